The van der Waals surface area contributed by atoms with Gasteiger partial charge in [0, 0.05) is 17.2 Å². The van der Waals surface area contributed by atoms with Crippen molar-refractivity contribution >= 4 is 44.5 Å². The molecule has 5 N–H and O–H groups in total. The van der Waals surface area contributed by atoms with Crippen molar-refractivity contribution in [1.29, 1.82) is 0 Å². The first kappa shape index (κ1) is 46.5. The molecule has 1 saturated heterocycles. The van der Waals surface area contributed by atoms with Crippen LogP contribution >= 0.6 is 0 Å². The summed E-state index contributed by atoms with van der Waals surface area (Å²) in [5, 5.41) is 5.82. The van der Waals surface area contributed by atoms with E-state index < -0.39 is 79.8 Å². The number of amides is 5. The second kappa shape index (κ2) is 17.8. The normalized spacial score (nSPS) is 24.0. The first-order valence-corrected chi connectivity index (χ1v) is 22.1. The number of rotatable bonds is 19. The summed E-state index contributed by atoms with van der Waals surface area (Å²) in [4.78, 5) is 59.0. The molecule has 3 aliphatic rings. The number of benzene rings is 1. The highest BCUT2D eigenvalue weighted by Gasteiger charge is 2.58. The number of fused-ring (bicyclic) bond motifs is 1. The largest absolute Gasteiger partial charge is 0.491 e. The summed E-state index contributed by atoms with van der Waals surface area (Å²) in [7, 11) is -3.74. The minimum absolute atomic E-state index is 0.0131. The lowest BCUT2D eigenvalue weighted by Crippen LogP contribution is -2.61. The summed E-state index contributed by atoms with van der Waals surface area (Å²) in [6, 6.07) is 3.64. The molecule has 2 heterocycles. The van der Waals surface area contributed by atoms with Crippen molar-refractivity contribution in [2.24, 2.45) is 28.9 Å². The highest BCUT2D eigenvalue weighted by atomic mass is 32.2. The van der Waals surface area contributed by atoms with E-state index in [9.17, 15) is 40.8 Å². The number of aromatic nitrogens is 1. The molecule has 0 unspecified atom stereocenters. The molecule has 5 rings (SSSR count). The Labute approximate surface area is 350 Å². The van der Waals surface area contributed by atoms with Gasteiger partial charge in [-0.3, -0.25) is 19.1 Å². The van der Waals surface area contributed by atoms with Gasteiger partial charge in [-0.05, 0) is 89.5 Å². The second-order valence-electron chi connectivity index (χ2n) is 17.8. The number of sulfonamides is 1. The summed E-state index contributed by atoms with van der Waals surface area (Å²) < 4.78 is 79.9. The van der Waals surface area contributed by atoms with Gasteiger partial charge in [-0.15, -0.1) is 0 Å². The smallest absolute Gasteiger partial charge is 0.411 e. The van der Waals surface area contributed by atoms with Crippen LogP contribution in [0.25, 0.3) is 10.8 Å². The van der Waals surface area contributed by atoms with Crippen LogP contribution in [0.5, 0.6) is 11.6 Å². The third kappa shape index (κ3) is 10.5. The van der Waals surface area contributed by atoms with E-state index in [1.54, 1.807) is 27.0 Å². The fraction of sp³-hybridized carbons (Fsp3) is 0.643. The van der Waals surface area contributed by atoms with Gasteiger partial charge in [-0.25, -0.2) is 18.2 Å². The average Bonchev–Trinajstić information content (AvgIpc) is 4.03. The number of primary amides is 1. The van der Waals surface area contributed by atoms with Crippen LogP contribution in [0.15, 0.2) is 42.6 Å². The maximum Gasteiger partial charge on any atom is 0.411 e. The first-order valence-electron chi connectivity index (χ1n) is 20.6. The van der Waals surface area contributed by atoms with Crippen LogP contribution in [0.3, 0.4) is 0 Å². The molecule has 332 valence electrons. The number of ether oxygens (including phenoxy) is 2. The molecule has 5 amide bonds. The van der Waals surface area contributed by atoms with E-state index >= 15 is 0 Å². The number of nitrogens with zero attached hydrogens (tertiary/aromatic N) is 2. The fourth-order valence-electron chi connectivity index (χ4n) is 7.55. The Morgan fingerprint density at radius 2 is 1.77 bits per heavy atom. The third-order valence-electron chi connectivity index (χ3n) is 12.2. The molecule has 0 radical (unpaired) electrons. The van der Waals surface area contributed by atoms with Gasteiger partial charge < -0.3 is 30.7 Å². The predicted octanol–water partition coefficient (Wildman–Crippen LogP) is 5.89. The topological polar surface area (TPSA) is 199 Å². The van der Waals surface area contributed by atoms with E-state index in [-0.39, 0.29) is 30.7 Å². The van der Waals surface area contributed by atoms with Crippen LogP contribution in [-0.4, -0.2) is 89.9 Å². The highest BCUT2D eigenvalue weighted by molar-refractivity contribution is 7.91. The zero-order valence-electron chi connectivity index (χ0n) is 35.4. The number of likely N-dealkylation sites (tertiary alicyclic amines) is 1. The lowest BCUT2D eigenvalue weighted by atomic mass is 9.88. The van der Waals surface area contributed by atoms with Crippen LogP contribution in [0, 0.1) is 23.2 Å². The summed E-state index contributed by atoms with van der Waals surface area (Å²) in [6.45, 7) is 11.0. The molecule has 1 aromatic carbocycles. The fourth-order valence-corrected chi connectivity index (χ4v) is 8.91. The number of hydrogen-bond acceptors (Lipinski definition) is 9. The maximum atomic E-state index is 14.4. The monoisotopic (exact) mass is 864 g/mol. The Balaban J connectivity index is 1.26. The molecule has 1 aromatic heterocycles. The van der Waals surface area contributed by atoms with Crippen molar-refractivity contribution in [2.45, 2.75) is 134 Å². The maximum absolute atomic E-state index is 14.4. The average molecular weight is 865 g/mol. The van der Waals surface area contributed by atoms with Crippen LogP contribution in [0.1, 0.15) is 99.8 Å². The van der Waals surface area contributed by atoms with Gasteiger partial charge in [0.05, 0.1) is 29.5 Å². The predicted molar refractivity (Wildman–Crippen MR) is 219 cm³/mol. The molecule has 0 spiro atoms. The molecular formula is C42H59F3N6O8S. The second-order valence-corrected chi connectivity index (χ2v) is 20.0. The van der Waals surface area contributed by atoms with Gasteiger partial charge >= 0.3 is 12.2 Å². The number of pyridine rings is 1. The molecule has 7 atom stereocenters. The quantitative estimate of drug-likeness (QED) is 0.124. The van der Waals surface area contributed by atoms with Crippen molar-refractivity contribution in [3.05, 3.63) is 42.6 Å². The molecule has 2 aliphatic carbocycles. The Kier molecular flexibility index (Phi) is 13.8. The molecule has 60 heavy (non-hydrogen) atoms. The third-order valence-corrected chi connectivity index (χ3v) is 14.4. The number of alkyl halides is 3. The molecular weight excluding hydrogens is 806 g/mol. The lowest BCUT2D eigenvalue weighted by Gasteiger charge is -2.34. The Bertz CT molecular complexity index is 2080. The van der Waals surface area contributed by atoms with Crippen molar-refractivity contribution in [1.82, 2.24) is 25.2 Å². The van der Waals surface area contributed by atoms with Gasteiger partial charge in [0.2, 0.25) is 33.6 Å². The molecule has 14 nitrogen and oxygen atoms in total. The minimum Gasteiger partial charge on any atom is -0.491 e. The standard InChI is InChI=1S/C42H59F3N6O8S/c1-8-19-58-32-23-47-35(30-16-12-11-15-29(30)32)59-28-21-31(34(46)52)51(24-28)36(53)33(48-38(55)49-39(4,5)42(43,44)45)26(3)20-25(2)13-9-10-14-27-22-41(27,7)37(54)50-60(56,57)40(6)17-18-40/h10-12,14-16,23,25-28,31,33H,8-9,13,17-22,24H2,1-7H3,(H2,46,52)(H,50,54)(H2,48,49,55)/b14-10-/t25-,26-,27-,28-,31+,33+,41+/m1/s1. The number of allylic oxidation sites excluding steroid dienone is 2. The number of nitrogens with one attached hydrogen (secondary N) is 3. The van der Waals surface area contributed by atoms with E-state index in [0.717, 1.165) is 25.7 Å². The van der Waals surface area contributed by atoms with Gasteiger partial charge in [0.25, 0.3) is 0 Å². The Morgan fingerprint density at radius 3 is 2.38 bits per heavy atom. The van der Waals surface area contributed by atoms with Crippen molar-refractivity contribution in [2.75, 3.05) is 13.2 Å². The molecule has 0 bridgehead atoms. The highest BCUT2D eigenvalue weighted by Crippen LogP contribution is 2.54. The Morgan fingerprint density at radius 1 is 1.10 bits per heavy atom. The van der Waals surface area contributed by atoms with E-state index in [1.165, 1.54) is 4.90 Å². The van der Waals surface area contributed by atoms with E-state index in [1.807, 2.05) is 55.6 Å². The number of nitrogens with two attached hydrogens (primary N) is 1. The van der Waals surface area contributed by atoms with Gasteiger partial charge in [0.1, 0.15) is 29.5 Å². The lowest BCUT2D eigenvalue weighted by molar-refractivity contribution is -0.182. The van der Waals surface area contributed by atoms with E-state index in [2.05, 4.69) is 15.0 Å². The minimum atomic E-state index is -4.79. The zero-order chi connectivity index (χ0) is 44.4. The number of halogens is 3. The van der Waals surface area contributed by atoms with Crippen molar-refractivity contribution in [3.63, 3.8) is 0 Å². The summed E-state index contributed by atoms with van der Waals surface area (Å²) in [6.07, 6.45) is 3.79. The molecule has 2 saturated carbocycles. The summed E-state index contributed by atoms with van der Waals surface area (Å²) in [5.74, 6) is -1.98. The SMILES string of the molecule is CCCOc1cnc(O[C@@H]2C[C@@H](C(N)=O)N(C(=O)[C@@H](NC(=O)NC(C)(C)C(F)(F)F)[C@H](C)C[C@H](C)CC/C=C\[C@@H]3C[C@]3(C)C(=O)NS(=O)(=O)C3(C)CC3)C2)c2ccccc12. The number of hydrogen-bond donors (Lipinski definition) is 4. The van der Waals surface area contributed by atoms with Crippen LogP contribution < -0.4 is 30.6 Å². The first-order chi connectivity index (χ1) is 27.9. The van der Waals surface area contributed by atoms with Crippen molar-refractivity contribution < 1.29 is 50.2 Å². The number of carbonyl (C=O) groups excluding carboxylic acids is 4. The van der Waals surface area contributed by atoms with Crippen molar-refractivity contribution in [3.8, 4) is 11.6 Å². The Hall–Kier alpha value is -4.61. The van der Waals surface area contributed by atoms with Gasteiger partial charge in [-0.2, -0.15) is 13.2 Å². The van der Waals surface area contributed by atoms with Gasteiger partial charge in [0.15, 0.2) is 0 Å². The number of carbonyl (C=O) groups is 4. The zero-order valence-corrected chi connectivity index (χ0v) is 36.2. The van der Waals surface area contributed by atoms with Crippen LogP contribution in [0.4, 0.5) is 18.0 Å². The molecule has 3 fully saturated rings. The van der Waals surface area contributed by atoms with E-state index in [0.29, 0.717) is 56.3 Å². The van der Waals surface area contributed by atoms with Crippen LogP contribution in [-0.2, 0) is 24.4 Å². The summed E-state index contributed by atoms with van der Waals surface area (Å²) >= 11 is 0. The van der Waals surface area contributed by atoms with E-state index in [4.69, 9.17) is 15.2 Å². The van der Waals surface area contributed by atoms with Crippen LogP contribution in [0.2, 0.25) is 0 Å². The summed E-state index contributed by atoms with van der Waals surface area (Å²) in [5.41, 5.74) is 2.36. The van der Waals surface area contributed by atoms with Gasteiger partial charge in [-0.1, -0.05) is 58.0 Å². The molecule has 18 heteroatoms. The number of urea groups is 1. The molecule has 2 aromatic rings. The molecule has 1 aliphatic heterocycles.